The van der Waals surface area contributed by atoms with Gasteiger partial charge in [-0.25, -0.2) is 4.90 Å². The first kappa shape index (κ1) is 31.6. The van der Waals surface area contributed by atoms with E-state index < -0.39 is 0 Å². The number of rotatable bonds is 11. The van der Waals surface area contributed by atoms with Crippen molar-refractivity contribution < 1.29 is 29.3 Å². The third-order valence-electron chi connectivity index (χ3n) is 8.01. The fourth-order valence-electron chi connectivity index (χ4n) is 5.34. The van der Waals surface area contributed by atoms with Gasteiger partial charge in [0.2, 0.25) is 5.88 Å². The van der Waals surface area contributed by atoms with Crippen LogP contribution in [-0.4, -0.2) is 32.3 Å². The number of hydrogen-bond acceptors (Lipinski definition) is 7. The lowest BCUT2D eigenvalue weighted by molar-refractivity contribution is -0.119. The molecule has 5 aromatic rings. The van der Waals surface area contributed by atoms with Gasteiger partial charge in [0.15, 0.2) is 5.88 Å². The number of nitrogens with zero attached hydrogens (tertiary/aromatic N) is 2. The molecule has 2 heterocycles. The van der Waals surface area contributed by atoms with Crippen LogP contribution in [0.25, 0.3) is 5.69 Å². The standard InChI is InChI=1S/C38H34N2O6S/c1-4-23-47-33-24-36(43)40(37(33)44)28-11-19-32(20-12-28)46-30-15-7-26(8-16-30)38(2,3)25-5-13-29(14-6-25)45-31-17-9-27(10-18-31)39-34(41)21-22-35(39)42/h5-22,24,43-44H,4,23H2,1-3H3. The van der Waals surface area contributed by atoms with Crippen LogP contribution in [-0.2, 0) is 15.0 Å². The first-order valence-electron chi connectivity index (χ1n) is 15.2. The van der Waals surface area contributed by atoms with E-state index in [0.717, 1.165) is 28.2 Å². The summed E-state index contributed by atoms with van der Waals surface area (Å²) in [6.45, 7) is 6.38. The summed E-state index contributed by atoms with van der Waals surface area (Å²) in [7, 11) is 0. The van der Waals surface area contributed by atoms with Gasteiger partial charge in [0.25, 0.3) is 11.8 Å². The molecule has 0 fully saturated rings. The van der Waals surface area contributed by atoms with Gasteiger partial charge in [-0.05, 0) is 96.1 Å². The molecule has 2 amide bonds. The second kappa shape index (κ2) is 13.1. The SMILES string of the molecule is CCCSc1cc(O)n(-c2ccc(Oc3ccc(C(C)(C)c4ccc(Oc5ccc(N6C(=O)C=CC6=O)cc5)cc4)cc3)cc2)c1O. The van der Waals surface area contributed by atoms with Crippen molar-refractivity contribution in [2.45, 2.75) is 37.5 Å². The fourth-order valence-corrected chi connectivity index (χ4v) is 6.17. The van der Waals surface area contributed by atoms with Crippen LogP contribution in [0.5, 0.6) is 34.8 Å². The summed E-state index contributed by atoms with van der Waals surface area (Å²) in [5.41, 5.74) is 3.05. The van der Waals surface area contributed by atoms with Gasteiger partial charge >= 0.3 is 0 Å². The zero-order valence-corrected chi connectivity index (χ0v) is 27.0. The predicted octanol–water partition coefficient (Wildman–Crippen LogP) is 8.73. The van der Waals surface area contributed by atoms with Gasteiger partial charge in [0.05, 0.1) is 16.3 Å². The number of hydrogen-bond donors (Lipinski definition) is 2. The predicted molar refractivity (Wildman–Crippen MR) is 183 cm³/mol. The maximum atomic E-state index is 11.9. The van der Waals surface area contributed by atoms with E-state index >= 15 is 0 Å². The molecule has 0 saturated heterocycles. The molecular formula is C38H34N2O6S. The molecule has 238 valence electrons. The minimum atomic E-state index is -0.358. The molecule has 4 aromatic carbocycles. The van der Waals surface area contributed by atoms with Crippen LogP contribution in [0.3, 0.4) is 0 Å². The molecule has 1 aliphatic rings. The maximum Gasteiger partial charge on any atom is 0.258 e. The van der Waals surface area contributed by atoms with Crippen molar-refractivity contribution in [2.24, 2.45) is 0 Å². The first-order valence-corrected chi connectivity index (χ1v) is 16.2. The van der Waals surface area contributed by atoms with Crippen molar-refractivity contribution >= 4 is 29.3 Å². The molecule has 1 aromatic heterocycles. The van der Waals surface area contributed by atoms with E-state index in [2.05, 4.69) is 20.8 Å². The summed E-state index contributed by atoms with van der Waals surface area (Å²) in [6.07, 6.45) is 3.48. The summed E-state index contributed by atoms with van der Waals surface area (Å²) in [4.78, 5) is 25.6. The number of amides is 2. The van der Waals surface area contributed by atoms with E-state index in [4.69, 9.17) is 9.47 Å². The van der Waals surface area contributed by atoms with E-state index in [0.29, 0.717) is 39.3 Å². The molecule has 0 spiro atoms. The Morgan fingerprint density at radius 2 is 1.09 bits per heavy atom. The Morgan fingerprint density at radius 1 is 0.660 bits per heavy atom. The van der Waals surface area contributed by atoms with Gasteiger partial charge in [-0.2, -0.15) is 0 Å². The largest absolute Gasteiger partial charge is 0.494 e. The lowest BCUT2D eigenvalue weighted by Crippen LogP contribution is -2.29. The Balaban J connectivity index is 1.08. The molecule has 47 heavy (non-hydrogen) atoms. The molecule has 1 aliphatic heterocycles. The number of carbonyl (C=O) groups excluding carboxylic acids is 2. The average Bonchev–Trinajstić information content (AvgIpc) is 3.56. The number of carbonyl (C=O) groups is 2. The fraction of sp³-hybridized carbons (Fsp3) is 0.158. The molecule has 0 radical (unpaired) electrons. The molecule has 0 unspecified atom stereocenters. The molecule has 0 saturated carbocycles. The van der Waals surface area contributed by atoms with Gasteiger partial charge in [0.1, 0.15) is 23.0 Å². The summed E-state index contributed by atoms with van der Waals surface area (Å²) in [6, 6.07) is 31.5. The van der Waals surface area contributed by atoms with Crippen LogP contribution in [0.15, 0.2) is 120 Å². The van der Waals surface area contributed by atoms with E-state index in [-0.39, 0.29) is 29.0 Å². The van der Waals surface area contributed by atoms with E-state index in [1.807, 2.05) is 48.5 Å². The van der Waals surface area contributed by atoms with Gasteiger partial charge < -0.3 is 19.7 Å². The maximum absolute atomic E-state index is 11.9. The normalized spacial score (nSPS) is 13.0. The minimum Gasteiger partial charge on any atom is -0.494 e. The van der Waals surface area contributed by atoms with Crippen molar-refractivity contribution in [3.63, 3.8) is 0 Å². The summed E-state index contributed by atoms with van der Waals surface area (Å²) >= 11 is 1.51. The van der Waals surface area contributed by atoms with Gasteiger partial charge in [-0.3, -0.25) is 14.2 Å². The van der Waals surface area contributed by atoms with Crippen LogP contribution in [0.2, 0.25) is 0 Å². The zero-order chi connectivity index (χ0) is 33.1. The number of anilines is 1. The number of imide groups is 1. The third kappa shape index (κ3) is 6.62. The highest BCUT2D eigenvalue weighted by atomic mass is 32.2. The van der Waals surface area contributed by atoms with Crippen molar-refractivity contribution in [1.82, 2.24) is 4.57 Å². The Bertz CT molecular complexity index is 1910. The first-order chi connectivity index (χ1) is 22.6. The van der Waals surface area contributed by atoms with Gasteiger partial charge in [-0.1, -0.05) is 45.0 Å². The second-order valence-corrected chi connectivity index (χ2v) is 12.7. The summed E-state index contributed by atoms with van der Waals surface area (Å²) in [5, 5.41) is 21.0. The zero-order valence-electron chi connectivity index (χ0n) is 26.2. The second-order valence-electron chi connectivity index (χ2n) is 11.6. The summed E-state index contributed by atoms with van der Waals surface area (Å²) < 4.78 is 13.5. The number of thioether (sulfide) groups is 1. The van der Waals surface area contributed by atoms with Crippen LogP contribution in [0, 0.1) is 0 Å². The highest BCUT2D eigenvalue weighted by Gasteiger charge is 2.25. The molecule has 2 N–H and O–H groups in total. The Hall–Kier alpha value is -5.41. The summed E-state index contributed by atoms with van der Waals surface area (Å²) in [5.74, 6) is 2.72. The molecule has 8 nitrogen and oxygen atoms in total. The van der Waals surface area contributed by atoms with Crippen molar-refractivity contribution in [3.05, 3.63) is 126 Å². The lowest BCUT2D eigenvalue weighted by atomic mass is 9.78. The topological polar surface area (TPSA) is 101 Å². The number of aromatic nitrogens is 1. The minimum absolute atomic E-state index is 0.0184. The van der Waals surface area contributed by atoms with E-state index in [1.165, 1.54) is 28.5 Å². The molecule has 9 heteroatoms. The van der Waals surface area contributed by atoms with Crippen LogP contribution in [0.1, 0.15) is 38.3 Å². The number of ether oxygens (including phenoxy) is 2. The van der Waals surface area contributed by atoms with Crippen LogP contribution >= 0.6 is 11.8 Å². The molecular weight excluding hydrogens is 612 g/mol. The number of benzene rings is 4. The molecule has 0 aliphatic carbocycles. The van der Waals surface area contributed by atoms with Crippen molar-refractivity contribution in [2.75, 3.05) is 10.7 Å². The van der Waals surface area contributed by atoms with Crippen LogP contribution in [0.4, 0.5) is 5.69 Å². The van der Waals surface area contributed by atoms with Gasteiger partial charge in [-0.15, -0.1) is 11.8 Å². The molecule has 6 rings (SSSR count). The Labute approximate surface area is 277 Å². The van der Waals surface area contributed by atoms with Crippen LogP contribution < -0.4 is 14.4 Å². The average molecular weight is 647 g/mol. The van der Waals surface area contributed by atoms with Gasteiger partial charge in [0, 0.05) is 23.6 Å². The highest BCUT2D eigenvalue weighted by molar-refractivity contribution is 7.99. The quantitative estimate of drug-likeness (QED) is 0.109. The van der Waals surface area contributed by atoms with Crippen molar-refractivity contribution in [3.8, 4) is 40.4 Å². The monoisotopic (exact) mass is 646 g/mol. The van der Waals surface area contributed by atoms with E-state index in [9.17, 15) is 19.8 Å². The molecule has 0 atom stereocenters. The molecule has 0 bridgehead atoms. The van der Waals surface area contributed by atoms with E-state index in [1.54, 1.807) is 54.6 Å². The third-order valence-corrected chi connectivity index (χ3v) is 9.23. The highest BCUT2D eigenvalue weighted by Crippen LogP contribution is 2.39. The Kier molecular flexibility index (Phi) is 8.82. The smallest absolute Gasteiger partial charge is 0.258 e. The number of aromatic hydroxyl groups is 2. The lowest BCUT2D eigenvalue weighted by Gasteiger charge is -2.26. The van der Waals surface area contributed by atoms with Crippen molar-refractivity contribution in [1.29, 1.82) is 0 Å². The Morgan fingerprint density at radius 3 is 1.53 bits per heavy atom.